The second-order valence-corrected chi connectivity index (χ2v) is 9.05. The maximum atomic E-state index is 13.3. The van der Waals surface area contributed by atoms with Crippen molar-refractivity contribution in [2.24, 2.45) is 4.99 Å². The number of nitrogens with one attached hydrogen (secondary N) is 1. The van der Waals surface area contributed by atoms with E-state index in [4.69, 9.17) is 9.47 Å². The van der Waals surface area contributed by atoms with Crippen molar-refractivity contribution in [2.45, 2.75) is 69.0 Å². The molecular formula is C24H37FIN3O2. The van der Waals surface area contributed by atoms with Crippen LogP contribution in [0, 0.1) is 5.82 Å². The first-order valence-corrected chi connectivity index (χ1v) is 11.6. The van der Waals surface area contributed by atoms with E-state index in [1.165, 1.54) is 24.8 Å². The molecule has 1 unspecified atom stereocenters. The van der Waals surface area contributed by atoms with E-state index in [1.54, 1.807) is 12.1 Å². The summed E-state index contributed by atoms with van der Waals surface area (Å²) in [7, 11) is 1.86. The molecule has 0 bridgehead atoms. The molecule has 2 aliphatic heterocycles. The molecule has 1 aromatic rings. The first-order chi connectivity index (χ1) is 14.7. The van der Waals surface area contributed by atoms with Crippen molar-refractivity contribution >= 4 is 29.9 Å². The fraction of sp³-hybridized carbons (Fsp3) is 0.708. The van der Waals surface area contributed by atoms with E-state index in [1.807, 2.05) is 19.2 Å². The van der Waals surface area contributed by atoms with Crippen LogP contribution in [0.4, 0.5) is 4.39 Å². The molecule has 2 heterocycles. The van der Waals surface area contributed by atoms with Crippen LogP contribution < -0.4 is 5.32 Å². The van der Waals surface area contributed by atoms with Crippen LogP contribution in [-0.4, -0.2) is 63.0 Å². The van der Waals surface area contributed by atoms with Gasteiger partial charge in [-0.2, -0.15) is 0 Å². The molecule has 1 atom stereocenters. The summed E-state index contributed by atoms with van der Waals surface area (Å²) < 4.78 is 25.3. The average molecular weight is 545 g/mol. The predicted octanol–water partition coefficient (Wildman–Crippen LogP) is 4.49. The molecule has 1 N–H and O–H groups in total. The number of guanidine groups is 1. The van der Waals surface area contributed by atoms with Gasteiger partial charge in [-0.05, 0) is 62.6 Å². The molecule has 1 saturated carbocycles. The summed E-state index contributed by atoms with van der Waals surface area (Å²) in [5.41, 5.74) is 1.33. The summed E-state index contributed by atoms with van der Waals surface area (Å²) in [6, 6.07) is 7.04. The van der Waals surface area contributed by atoms with Gasteiger partial charge in [-0.25, -0.2) is 4.39 Å². The molecular weight excluding hydrogens is 508 g/mol. The van der Waals surface area contributed by atoms with Crippen LogP contribution in [0.3, 0.4) is 0 Å². The highest BCUT2D eigenvalue weighted by atomic mass is 127. The summed E-state index contributed by atoms with van der Waals surface area (Å²) in [6.07, 6.45) is 9.74. The van der Waals surface area contributed by atoms with E-state index in [-0.39, 0.29) is 41.3 Å². The molecule has 3 fully saturated rings. The van der Waals surface area contributed by atoms with Crippen LogP contribution >= 0.6 is 24.0 Å². The number of nitrogens with zero attached hydrogens (tertiary/aromatic N) is 2. The highest BCUT2D eigenvalue weighted by Gasteiger charge is 2.39. The van der Waals surface area contributed by atoms with Crippen molar-refractivity contribution in [3.05, 3.63) is 35.6 Å². The molecule has 2 saturated heterocycles. The summed E-state index contributed by atoms with van der Waals surface area (Å²) >= 11 is 0. The largest absolute Gasteiger partial charge is 0.376 e. The number of hydrogen-bond donors (Lipinski definition) is 1. The van der Waals surface area contributed by atoms with E-state index in [9.17, 15) is 4.39 Å². The lowest BCUT2D eigenvalue weighted by molar-refractivity contribution is -0.0721. The summed E-state index contributed by atoms with van der Waals surface area (Å²) in [5, 5.41) is 3.61. The van der Waals surface area contributed by atoms with Crippen molar-refractivity contribution in [2.75, 3.05) is 39.9 Å². The summed E-state index contributed by atoms with van der Waals surface area (Å²) in [5.74, 6) is 0.801. The Kier molecular flexibility index (Phi) is 9.40. The van der Waals surface area contributed by atoms with Gasteiger partial charge in [-0.15, -0.1) is 24.0 Å². The molecule has 0 radical (unpaired) electrons. The van der Waals surface area contributed by atoms with Crippen LogP contribution in [0.2, 0.25) is 0 Å². The van der Waals surface area contributed by atoms with Gasteiger partial charge >= 0.3 is 0 Å². The number of likely N-dealkylation sites (tertiary alicyclic amines) is 1. The lowest BCUT2D eigenvalue weighted by Gasteiger charge is -2.44. The van der Waals surface area contributed by atoms with Gasteiger partial charge in [-0.1, -0.05) is 18.6 Å². The number of ether oxygens (including phenoxy) is 2. The lowest BCUT2D eigenvalue weighted by Crippen LogP contribution is -2.52. The van der Waals surface area contributed by atoms with Crippen molar-refractivity contribution in [1.82, 2.24) is 10.2 Å². The Bertz CT molecular complexity index is 697. The zero-order valence-electron chi connectivity index (χ0n) is 18.7. The first-order valence-electron chi connectivity index (χ1n) is 11.6. The van der Waals surface area contributed by atoms with Crippen LogP contribution in [-0.2, 0) is 14.9 Å². The Balaban J connectivity index is 0.00000272. The third kappa shape index (κ3) is 6.32. The maximum absolute atomic E-state index is 13.3. The minimum atomic E-state index is -0.169. The van der Waals surface area contributed by atoms with Gasteiger partial charge in [0.25, 0.3) is 0 Å². The monoisotopic (exact) mass is 545 g/mol. The zero-order valence-corrected chi connectivity index (χ0v) is 21.0. The van der Waals surface area contributed by atoms with Crippen LogP contribution in [0.25, 0.3) is 0 Å². The van der Waals surface area contributed by atoms with E-state index < -0.39 is 0 Å². The van der Waals surface area contributed by atoms with Crippen LogP contribution in [0.5, 0.6) is 0 Å². The Morgan fingerprint density at radius 2 is 1.90 bits per heavy atom. The third-order valence-corrected chi connectivity index (χ3v) is 7.10. The van der Waals surface area contributed by atoms with Gasteiger partial charge in [0.15, 0.2) is 5.96 Å². The minimum Gasteiger partial charge on any atom is -0.376 e. The van der Waals surface area contributed by atoms with Gasteiger partial charge in [0.2, 0.25) is 0 Å². The maximum Gasteiger partial charge on any atom is 0.193 e. The molecule has 0 aromatic heterocycles. The zero-order chi connectivity index (χ0) is 20.8. The minimum absolute atomic E-state index is 0. The van der Waals surface area contributed by atoms with Gasteiger partial charge in [0.05, 0.1) is 18.8 Å². The highest BCUT2D eigenvalue weighted by Crippen LogP contribution is 2.43. The standard InChI is InChI=1S/C24H36FN3O2.HI/c1-26-23(27-18-24(12-4-13-24)19-6-8-20(25)9-7-19)28-14-10-21(11-15-28)30-17-22-5-2-3-16-29-22;/h6-9,21-22H,2-5,10-18H2,1H3,(H,26,27);1H. The Labute approximate surface area is 203 Å². The molecule has 31 heavy (non-hydrogen) atoms. The number of aliphatic imine (C=N–C) groups is 1. The molecule has 5 nitrogen and oxygen atoms in total. The van der Waals surface area contributed by atoms with Crippen molar-refractivity contribution in [3.8, 4) is 0 Å². The topological polar surface area (TPSA) is 46.1 Å². The fourth-order valence-electron chi connectivity index (χ4n) is 4.97. The first kappa shape index (κ1) is 24.7. The normalized spacial score (nSPS) is 24.3. The summed E-state index contributed by atoms with van der Waals surface area (Å²) in [6.45, 7) is 4.38. The Hall–Kier alpha value is -0.930. The lowest BCUT2D eigenvalue weighted by atomic mass is 9.64. The number of rotatable bonds is 6. The number of hydrogen-bond acceptors (Lipinski definition) is 3. The average Bonchev–Trinajstić information content (AvgIpc) is 2.76. The van der Waals surface area contributed by atoms with Crippen molar-refractivity contribution in [1.29, 1.82) is 0 Å². The van der Waals surface area contributed by atoms with Gasteiger partial charge in [0, 0.05) is 38.7 Å². The van der Waals surface area contributed by atoms with E-state index in [2.05, 4.69) is 15.2 Å². The highest BCUT2D eigenvalue weighted by molar-refractivity contribution is 14.0. The Morgan fingerprint density at radius 3 is 2.48 bits per heavy atom. The molecule has 174 valence electrons. The molecule has 7 heteroatoms. The molecule has 1 aromatic carbocycles. The second kappa shape index (κ2) is 11.8. The van der Waals surface area contributed by atoms with Crippen molar-refractivity contribution in [3.63, 3.8) is 0 Å². The van der Waals surface area contributed by atoms with E-state index >= 15 is 0 Å². The molecule has 0 amide bonds. The second-order valence-electron chi connectivity index (χ2n) is 9.05. The third-order valence-electron chi connectivity index (χ3n) is 7.10. The quantitative estimate of drug-likeness (QED) is 0.325. The van der Waals surface area contributed by atoms with Gasteiger partial charge in [-0.3, -0.25) is 4.99 Å². The smallest absolute Gasteiger partial charge is 0.193 e. The molecule has 4 rings (SSSR count). The van der Waals surface area contributed by atoms with E-state index in [0.29, 0.717) is 6.10 Å². The summed E-state index contributed by atoms with van der Waals surface area (Å²) in [4.78, 5) is 6.88. The van der Waals surface area contributed by atoms with Crippen LogP contribution in [0.15, 0.2) is 29.3 Å². The molecule has 0 spiro atoms. The van der Waals surface area contributed by atoms with Gasteiger partial charge in [0.1, 0.15) is 5.82 Å². The number of piperidine rings is 1. The van der Waals surface area contributed by atoms with Crippen molar-refractivity contribution < 1.29 is 13.9 Å². The molecule has 3 aliphatic rings. The number of halogens is 2. The SMILES string of the molecule is CN=C(NCC1(c2ccc(F)cc2)CCC1)N1CCC(OCC2CCCCO2)CC1.I. The predicted molar refractivity (Wildman–Crippen MR) is 133 cm³/mol. The van der Waals surface area contributed by atoms with Crippen LogP contribution in [0.1, 0.15) is 56.9 Å². The van der Waals surface area contributed by atoms with Gasteiger partial charge < -0.3 is 19.7 Å². The fourth-order valence-corrected chi connectivity index (χ4v) is 4.97. The van der Waals surface area contributed by atoms with E-state index in [0.717, 1.165) is 70.9 Å². The number of benzene rings is 1. The Morgan fingerprint density at radius 1 is 1.16 bits per heavy atom. The molecule has 1 aliphatic carbocycles.